The van der Waals surface area contributed by atoms with Crippen LogP contribution < -0.4 is 0 Å². The lowest BCUT2D eigenvalue weighted by molar-refractivity contribution is 0.0601. The summed E-state index contributed by atoms with van der Waals surface area (Å²) in [5.41, 5.74) is 5.02. The molecule has 3 nitrogen and oxygen atoms in total. The molecule has 24 heavy (non-hydrogen) atoms. The maximum Gasteiger partial charge on any atom is 0.340 e. The van der Waals surface area contributed by atoms with E-state index in [1.54, 1.807) is 0 Å². The minimum atomic E-state index is -0.285. The molecule has 0 amide bonds. The molecule has 4 heteroatoms. The standard InChI is InChI=1S/C20H17NO2S/c1-23-20(22)17-12-16-13-24-19(15-10-6-3-7-11-15)21(16)18(17)14-8-4-2-5-9-14/h2-12,19H,13H2,1H3/t19-/m0/s1. The molecule has 0 N–H and O–H groups in total. The molecule has 1 aliphatic heterocycles. The maximum atomic E-state index is 12.3. The normalized spacial score (nSPS) is 16.0. The van der Waals surface area contributed by atoms with Gasteiger partial charge in [0.2, 0.25) is 0 Å². The van der Waals surface area contributed by atoms with Crippen LogP contribution in [-0.4, -0.2) is 17.6 Å². The topological polar surface area (TPSA) is 31.2 Å². The molecule has 0 saturated carbocycles. The molecule has 1 aliphatic rings. The number of fused-ring (bicyclic) bond motifs is 1. The molecule has 120 valence electrons. The Morgan fingerprint density at radius 3 is 2.42 bits per heavy atom. The number of carbonyl (C=O) groups excluding carboxylic acids is 1. The van der Waals surface area contributed by atoms with Crippen molar-refractivity contribution in [2.24, 2.45) is 0 Å². The van der Waals surface area contributed by atoms with E-state index in [9.17, 15) is 4.79 Å². The zero-order valence-corrected chi connectivity index (χ0v) is 14.1. The summed E-state index contributed by atoms with van der Waals surface area (Å²) in [6.45, 7) is 0. The highest BCUT2D eigenvalue weighted by atomic mass is 32.2. The molecule has 0 spiro atoms. The van der Waals surface area contributed by atoms with E-state index in [-0.39, 0.29) is 11.3 Å². The van der Waals surface area contributed by atoms with Crippen LogP contribution in [-0.2, 0) is 10.5 Å². The number of carbonyl (C=O) groups is 1. The lowest BCUT2D eigenvalue weighted by Gasteiger charge is -2.18. The maximum absolute atomic E-state index is 12.3. The predicted octanol–water partition coefficient (Wildman–Crippen LogP) is 4.74. The van der Waals surface area contributed by atoms with E-state index in [0.717, 1.165) is 22.7 Å². The molecule has 0 bridgehead atoms. The third kappa shape index (κ3) is 2.43. The fourth-order valence-electron chi connectivity index (χ4n) is 3.21. The minimum Gasteiger partial charge on any atom is -0.465 e. The van der Waals surface area contributed by atoms with Gasteiger partial charge < -0.3 is 9.30 Å². The monoisotopic (exact) mass is 335 g/mol. The van der Waals surface area contributed by atoms with Gasteiger partial charge in [0.15, 0.2) is 0 Å². The lowest BCUT2D eigenvalue weighted by atomic mass is 10.1. The number of benzene rings is 2. The molecule has 2 heterocycles. The summed E-state index contributed by atoms with van der Waals surface area (Å²) in [5.74, 6) is 0.601. The highest BCUT2D eigenvalue weighted by molar-refractivity contribution is 7.99. The van der Waals surface area contributed by atoms with E-state index in [2.05, 4.69) is 28.8 Å². The summed E-state index contributed by atoms with van der Waals surface area (Å²) >= 11 is 1.88. The number of hydrogen-bond donors (Lipinski definition) is 0. The highest BCUT2D eigenvalue weighted by Gasteiger charge is 2.31. The van der Waals surface area contributed by atoms with Gasteiger partial charge in [-0.1, -0.05) is 60.7 Å². The van der Waals surface area contributed by atoms with E-state index < -0.39 is 0 Å². The summed E-state index contributed by atoms with van der Waals surface area (Å²) in [7, 11) is 1.43. The Balaban J connectivity index is 1.92. The van der Waals surface area contributed by atoms with Crippen LogP contribution in [0.3, 0.4) is 0 Å². The van der Waals surface area contributed by atoms with E-state index in [1.165, 1.54) is 12.7 Å². The van der Waals surface area contributed by atoms with Crippen molar-refractivity contribution in [2.45, 2.75) is 11.1 Å². The Kier molecular flexibility index (Phi) is 3.90. The Morgan fingerprint density at radius 2 is 1.75 bits per heavy atom. The van der Waals surface area contributed by atoms with Crippen LogP contribution in [0, 0.1) is 0 Å². The first kappa shape index (κ1) is 15.1. The number of aromatic nitrogens is 1. The molecule has 0 radical (unpaired) electrons. The van der Waals surface area contributed by atoms with Gasteiger partial charge in [-0.25, -0.2) is 4.79 Å². The van der Waals surface area contributed by atoms with Gasteiger partial charge in [0.05, 0.1) is 18.4 Å². The molecule has 4 rings (SSSR count). The second kappa shape index (κ2) is 6.21. The molecular formula is C20H17NO2S. The molecule has 1 atom stereocenters. The highest BCUT2D eigenvalue weighted by Crippen LogP contribution is 2.46. The number of hydrogen-bond acceptors (Lipinski definition) is 3. The van der Waals surface area contributed by atoms with Crippen LogP contribution in [0.25, 0.3) is 11.3 Å². The van der Waals surface area contributed by atoms with Crippen LogP contribution in [0.5, 0.6) is 0 Å². The fraction of sp³-hybridized carbons (Fsp3) is 0.150. The molecule has 0 unspecified atom stereocenters. The van der Waals surface area contributed by atoms with E-state index in [4.69, 9.17) is 4.74 Å². The zero-order chi connectivity index (χ0) is 16.5. The summed E-state index contributed by atoms with van der Waals surface area (Å²) in [6.07, 6.45) is 0. The SMILES string of the molecule is COC(=O)c1cc2n(c1-c1ccccc1)[C@H](c1ccccc1)SC2. The molecule has 0 aliphatic carbocycles. The van der Waals surface area contributed by atoms with Crippen LogP contribution >= 0.6 is 11.8 Å². The van der Waals surface area contributed by atoms with E-state index in [1.807, 2.05) is 54.2 Å². The van der Waals surface area contributed by atoms with Crippen molar-refractivity contribution < 1.29 is 9.53 Å². The predicted molar refractivity (Wildman–Crippen MR) is 97.1 cm³/mol. The van der Waals surface area contributed by atoms with Crippen molar-refractivity contribution in [2.75, 3.05) is 7.11 Å². The first-order chi connectivity index (χ1) is 11.8. The van der Waals surface area contributed by atoms with Crippen molar-refractivity contribution in [3.8, 4) is 11.3 Å². The summed E-state index contributed by atoms with van der Waals surface area (Å²) in [4.78, 5) is 12.3. The number of nitrogens with zero attached hydrogens (tertiary/aromatic N) is 1. The quantitative estimate of drug-likeness (QED) is 0.648. The second-order valence-electron chi connectivity index (χ2n) is 5.70. The van der Waals surface area contributed by atoms with Gasteiger partial charge in [-0.2, -0.15) is 0 Å². The number of thioether (sulfide) groups is 1. The third-order valence-corrected chi connectivity index (χ3v) is 5.54. The Bertz CT molecular complexity index is 871. The van der Waals surface area contributed by atoms with Gasteiger partial charge in [0.1, 0.15) is 5.37 Å². The van der Waals surface area contributed by atoms with Crippen LogP contribution in [0.4, 0.5) is 0 Å². The van der Waals surface area contributed by atoms with Crippen LogP contribution in [0.1, 0.15) is 27.0 Å². The van der Waals surface area contributed by atoms with Gasteiger partial charge in [-0.05, 0) is 17.2 Å². The molecule has 1 aromatic heterocycles. The van der Waals surface area contributed by atoms with Crippen molar-refractivity contribution >= 4 is 17.7 Å². The summed E-state index contributed by atoms with van der Waals surface area (Å²) in [6, 6.07) is 22.5. The Morgan fingerprint density at radius 1 is 1.08 bits per heavy atom. The second-order valence-corrected chi connectivity index (χ2v) is 6.77. The largest absolute Gasteiger partial charge is 0.465 e. The first-order valence-electron chi connectivity index (χ1n) is 7.84. The van der Waals surface area contributed by atoms with Gasteiger partial charge in [0.25, 0.3) is 0 Å². The van der Waals surface area contributed by atoms with Crippen LogP contribution in [0.15, 0.2) is 66.7 Å². The number of methoxy groups -OCH3 is 1. The van der Waals surface area contributed by atoms with E-state index in [0.29, 0.717) is 5.56 Å². The molecule has 0 fully saturated rings. The number of esters is 1. The third-order valence-electron chi connectivity index (χ3n) is 4.28. The molecular weight excluding hydrogens is 318 g/mol. The van der Waals surface area contributed by atoms with Crippen molar-refractivity contribution in [1.82, 2.24) is 4.57 Å². The van der Waals surface area contributed by atoms with Crippen LogP contribution in [0.2, 0.25) is 0 Å². The van der Waals surface area contributed by atoms with Gasteiger partial charge in [0, 0.05) is 11.4 Å². The molecule has 2 aromatic carbocycles. The minimum absolute atomic E-state index is 0.176. The number of rotatable bonds is 3. The lowest BCUT2D eigenvalue weighted by Crippen LogP contribution is -2.08. The average Bonchev–Trinajstić information content (AvgIpc) is 3.21. The van der Waals surface area contributed by atoms with E-state index >= 15 is 0 Å². The number of ether oxygens (including phenoxy) is 1. The fourth-order valence-corrected chi connectivity index (χ4v) is 4.51. The van der Waals surface area contributed by atoms with Crippen molar-refractivity contribution in [3.05, 3.63) is 83.6 Å². The Labute approximate surface area is 145 Å². The zero-order valence-electron chi connectivity index (χ0n) is 13.3. The smallest absolute Gasteiger partial charge is 0.340 e. The summed E-state index contributed by atoms with van der Waals surface area (Å²) in [5, 5.41) is 0.176. The van der Waals surface area contributed by atoms with Gasteiger partial charge in [-0.15, -0.1) is 11.8 Å². The first-order valence-corrected chi connectivity index (χ1v) is 8.89. The Hall–Kier alpha value is -2.46. The van der Waals surface area contributed by atoms with Crippen molar-refractivity contribution in [3.63, 3.8) is 0 Å². The average molecular weight is 335 g/mol. The van der Waals surface area contributed by atoms with Gasteiger partial charge in [-0.3, -0.25) is 0 Å². The van der Waals surface area contributed by atoms with Crippen molar-refractivity contribution in [1.29, 1.82) is 0 Å². The molecule has 0 saturated heterocycles. The van der Waals surface area contributed by atoms with Gasteiger partial charge >= 0.3 is 5.97 Å². The summed E-state index contributed by atoms with van der Waals surface area (Å²) < 4.78 is 7.30. The molecule has 3 aromatic rings.